The molecular weight excluding hydrogens is 150 g/mol. The summed E-state index contributed by atoms with van der Waals surface area (Å²) in [5.74, 6) is 0. The van der Waals surface area contributed by atoms with Crippen molar-refractivity contribution in [1.82, 2.24) is 0 Å². The maximum absolute atomic E-state index is 5.66. The van der Waals surface area contributed by atoms with E-state index in [0.29, 0.717) is 0 Å². The SMILES string of the molecule is [CH2]CCCCCCC(N)OCC. The van der Waals surface area contributed by atoms with Crippen LogP contribution in [0.3, 0.4) is 0 Å². The van der Waals surface area contributed by atoms with Gasteiger partial charge in [-0.3, -0.25) is 0 Å². The van der Waals surface area contributed by atoms with Gasteiger partial charge in [0.05, 0.1) is 0 Å². The van der Waals surface area contributed by atoms with Crippen LogP contribution in [0.15, 0.2) is 0 Å². The van der Waals surface area contributed by atoms with E-state index in [4.69, 9.17) is 10.5 Å². The summed E-state index contributed by atoms with van der Waals surface area (Å²) in [4.78, 5) is 0. The molecule has 2 heteroatoms. The monoisotopic (exact) mass is 172 g/mol. The molecule has 0 aromatic carbocycles. The van der Waals surface area contributed by atoms with Gasteiger partial charge in [0.15, 0.2) is 0 Å². The standard InChI is InChI=1S/C10H22NO/c1-3-5-6-7-8-9-10(11)12-4-2/h10H,1,3-9,11H2,2H3. The first-order valence-electron chi connectivity index (χ1n) is 4.97. The summed E-state index contributed by atoms with van der Waals surface area (Å²) >= 11 is 0. The smallest absolute Gasteiger partial charge is 0.105 e. The molecule has 1 radical (unpaired) electrons. The Hall–Kier alpha value is -0.0800. The predicted molar refractivity (Wildman–Crippen MR) is 52.7 cm³/mol. The van der Waals surface area contributed by atoms with E-state index in [1.165, 1.54) is 25.7 Å². The topological polar surface area (TPSA) is 35.2 Å². The predicted octanol–water partition coefficient (Wildman–Crippen LogP) is 2.48. The first kappa shape index (κ1) is 11.9. The van der Waals surface area contributed by atoms with Crippen LogP contribution in [0.5, 0.6) is 0 Å². The first-order valence-corrected chi connectivity index (χ1v) is 4.97. The second-order valence-electron chi connectivity index (χ2n) is 3.05. The molecule has 0 aromatic rings. The summed E-state index contributed by atoms with van der Waals surface area (Å²) in [7, 11) is 0. The zero-order valence-corrected chi connectivity index (χ0v) is 8.22. The maximum Gasteiger partial charge on any atom is 0.105 e. The lowest BCUT2D eigenvalue weighted by Gasteiger charge is -2.10. The highest BCUT2D eigenvalue weighted by Crippen LogP contribution is 2.06. The van der Waals surface area contributed by atoms with Gasteiger partial charge in [0, 0.05) is 6.61 Å². The summed E-state index contributed by atoms with van der Waals surface area (Å²) in [6, 6.07) is 0. The van der Waals surface area contributed by atoms with Crippen molar-refractivity contribution in [3.63, 3.8) is 0 Å². The minimum atomic E-state index is -0.0465. The average Bonchev–Trinajstić information content (AvgIpc) is 2.05. The third kappa shape index (κ3) is 8.02. The normalized spacial score (nSPS) is 13.2. The quantitative estimate of drug-likeness (QED) is 0.451. The lowest BCUT2D eigenvalue weighted by atomic mass is 10.1. The Morgan fingerprint density at radius 2 is 1.92 bits per heavy atom. The van der Waals surface area contributed by atoms with Crippen molar-refractivity contribution in [2.75, 3.05) is 6.61 Å². The largest absolute Gasteiger partial charge is 0.364 e. The van der Waals surface area contributed by atoms with Gasteiger partial charge >= 0.3 is 0 Å². The van der Waals surface area contributed by atoms with Gasteiger partial charge in [0.2, 0.25) is 0 Å². The summed E-state index contributed by atoms with van der Waals surface area (Å²) in [6.45, 7) is 6.50. The Morgan fingerprint density at radius 3 is 2.50 bits per heavy atom. The van der Waals surface area contributed by atoms with Gasteiger partial charge in [-0.05, 0) is 19.8 Å². The molecule has 0 aliphatic carbocycles. The van der Waals surface area contributed by atoms with Gasteiger partial charge in [-0.15, -0.1) is 0 Å². The van der Waals surface area contributed by atoms with E-state index in [-0.39, 0.29) is 6.23 Å². The molecule has 0 heterocycles. The van der Waals surface area contributed by atoms with Gasteiger partial charge in [-0.1, -0.05) is 32.6 Å². The zero-order chi connectivity index (χ0) is 9.23. The molecule has 0 aromatic heterocycles. The molecule has 0 rings (SSSR count). The third-order valence-corrected chi connectivity index (χ3v) is 1.87. The third-order valence-electron chi connectivity index (χ3n) is 1.87. The molecule has 0 aliphatic rings. The molecule has 0 aliphatic heterocycles. The van der Waals surface area contributed by atoms with Crippen LogP contribution in [0.2, 0.25) is 0 Å². The number of nitrogens with two attached hydrogens (primary N) is 1. The van der Waals surface area contributed by atoms with E-state index >= 15 is 0 Å². The maximum atomic E-state index is 5.66. The van der Waals surface area contributed by atoms with Gasteiger partial charge < -0.3 is 10.5 Å². The molecule has 2 nitrogen and oxygen atoms in total. The number of unbranched alkanes of at least 4 members (excludes halogenated alkanes) is 4. The van der Waals surface area contributed by atoms with Crippen molar-refractivity contribution in [1.29, 1.82) is 0 Å². The molecule has 1 unspecified atom stereocenters. The van der Waals surface area contributed by atoms with Crippen molar-refractivity contribution in [2.24, 2.45) is 5.73 Å². The average molecular weight is 172 g/mol. The van der Waals surface area contributed by atoms with E-state index in [2.05, 4.69) is 6.92 Å². The fourth-order valence-corrected chi connectivity index (χ4v) is 1.17. The molecule has 0 fully saturated rings. The summed E-state index contributed by atoms with van der Waals surface area (Å²) < 4.78 is 5.21. The molecule has 0 amide bonds. The Bertz CT molecular complexity index is 85.9. The number of hydrogen-bond donors (Lipinski definition) is 1. The summed E-state index contributed by atoms with van der Waals surface area (Å²) in [5.41, 5.74) is 5.66. The molecule has 73 valence electrons. The van der Waals surface area contributed by atoms with Gasteiger partial charge in [-0.25, -0.2) is 0 Å². The molecular formula is C10H22NO. The van der Waals surface area contributed by atoms with Gasteiger partial charge in [0.1, 0.15) is 6.23 Å². The van der Waals surface area contributed by atoms with Crippen LogP contribution in [0.1, 0.15) is 45.4 Å². The Labute approximate surface area is 76.5 Å². The van der Waals surface area contributed by atoms with E-state index < -0.39 is 0 Å². The molecule has 2 N–H and O–H groups in total. The van der Waals surface area contributed by atoms with Crippen LogP contribution in [0.4, 0.5) is 0 Å². The highest BCUT2D eigenvalue weighted by atomic mass is 16.5. The highest BCUT2D eigenvalue weighted by Gasteiger charge is 1.99. The van der Waals surface area contributed by atoms with E-state index in [9.17, 15) is 0 Å². The van der Waals surface area contributed by atoms with Gasteiger partial charge in [-0.2, -0.15) is 0 Å². The zero-order valence-electron chi connectivity index (χ0n) is 8.22. The summed E-state index contributed by atoms with van der Waals surface area (Å²) in [5, 5.41) is 0. The minimum absolute atomic E-state index is 0.0465. The molecule has 0 saturated carbocycles. The van der Waals surface area contributed by atoms with Crippen LogP contribution in [0.25, 0.3) is 0 Å². The lowest BCUT2D eigenvalue weighted by Crippen LogP contribution is -2.23. The van der Waals surface area contributed by atoms with Crippen LogP contribution in [-0.4, -0.2) is 12.8 Å². The van der Waals surface area contributed by atoms with Crippen molar-refractivity contribution >= 4 is 0 Å². The van der Waals surface area contributed by atoms with Gasteiger partial charge in [0.25, 0.3) is 0 Å². The van der Waals surface area contributed by atoms with E-state index in [1.807, 2.05) is 6.92 Å². The highest BCUT2D eigenvalue weighted by molar-refractivity contribution is 4.50. The van der Waals surface area contributed by atoms with Crippen LogP contribution in [0, 0.1) is 6.92 Å². The fraction of sp³-hybridized carbons (Fsp3) is 0.900. The molecule has 12 heavy (non-hydrogen) atoms. The van der Waals surface area contributed by atoms with Crippen molar-refractivity contribution < 1.29 is 4.74 Å². The van der Waals surface area contributed by atoms with E-state index in [0.717, 1.165) is 19.4 Å². The molecule has 1 atom stereocenters. The molecule has 0 saturated heterocycles. The summed E-state index contributed by atoms with van der Waals surface area (Å²) in [6.07, 6.45) is 6.96. The van der Waals surface area contributed by atoms with Crippen LogP contribution < -0.4 is 5.73 Å². The Kier molecular flexibility index (Phi) is 8.95. The number of hydrogen-bond acceptors (Lipinski definition) is 2. The Morgan fingerprint density at radius 1 is 1.25 bits per heavy atom. The molecule has 0 bridgehead atoms. The first-order chi connectivity index (χ1) is 5.81. The van der Waals surface area contributed by atoms with Crippen molar-refractivity contribution in [3.05, 3.63) is 6.92 Å². The number of rotatable bonds is 8. The number of ether oxygens (including phenoxy) is 1. The minimum Gasteiger partial charge on any atom is -0.364 e. The molecule has 0 spiro atoms. The van der Waals surface area contributed by atoms with Crippen LogP contribution in [-0.2, 0) is 4.74 Å². The van der Waals surface area contributed by atoms with Crippen LogP contribution >= 0.6 is 0 Å². The van der Waals surface area contributed by atoms with Crippen molar-refractivity contribution in [3.8, 4) is 0 Å². The Balaban J connectivity index is 2.97. The second kappa shape index (κ2) is 9.01. The van der Waals surface area contributed by atoms with Crippen molar-refractivity contribution in [2.45, 2.75) is 51.7 Å². The lowest BCUT2D eigenvalue weighted by molar-refractivity contribution is 0.0597. The second-order valence-corrected chi connectivity index (χ2v) is 3.05. The fourth-order valence-electron chi connectivity index (χ4n) is 1.17. The van der Waals surface area contributed by atoms with E-state index in [1.54, 1.807) is 0 Å².